The molecule has 5 nitrogen and oxygen atoms in total. The molecule has 2 aromatic rings. The number of ketones is 1. The van der Waals surface area contributed by atoms with Gasteiger partial charge in [-0.1, -0.05) is 24.6 Å². The van der Waals surface area contributed by atoms with Gasteiger partial charge in [-0.3, -0.25) is 9.69 Å². The Bertz CT molecular complexity index is 880. The molecule has 0 atom stereocenters. The number of piperidine rings is 1. The Morgan fingerprint density at radius 3 is 2.43 bits per heavy atom. The molecule has 0 unspecified atom stereocenters. The van der Waals surface area contributed by atoms with Crippen molar-refractivity contribution in [3.8, 4) is 5.75 Å². The van der Waals surface area contributed by atoms with Gasteiger partial charge in [-0.2, -0.15) is 0 Å². The van der Waals surface area contributed by atoms with Crippen LogP contribution in [0, 0.1) is 0 Å². The maximum absolute atomic E-state index is 12.7. The summed E-state index contributed by atoms with van der Waals surface area (Å²) in [7, 11) is 0. The summed E-state index contributed by atoms with van der Waals surface area (Å²) >= 11 is 0. The number of hydrogen-bond donors (Lipinski definition) is 1. The second kappa shape index (κ2) is 9.92. The highest BCUT2D eigenvalue weighted by Crippen LogP contribution is 2.23. The number of carbonyl (C=O) groups excluding carboxylic acids is 1. The summed E-state index contributed by atoms with van der Waals surface area (Å²) < 4.78 is 5.40. The monoisotopic (exact) mass is 406 g/mol. The first-order valence-corrected chi connectivity index (χ1v) is 10.9. The first kappa shape index (κ1) is 20.6. The standard InChI is InChI=1S/C25H30N2O3/c28-24(10-6-20-4-8-23(9-5-20)27-14-16-30-17-15-27)21-7-11-25(29)22(18-21)19-26-12-2-1-3-13-26/h4-11,18,29H,1-3,12-17,19H2/b10-6+. The number of carbonyl (C=O) groups is 1. The summed E-state index contributed by atoms with van der Waals surface area (Å²) in [5.41, 5.74) is 3.61. The molecule has 0 aliphatic carbocycles. The number of anilines is 1. The zero-order valence-electron chi connectivity index (χ0n) is 17.4. The van der Waals surface area contributed by atoms with E-state index in [-0.39, 0.29) is 11.5 Å². The van der Waals surface area contributed by atoms with Crippen molar-refractivity contribution >= 4 is 17.5 Å². The topological polar surface area (TPSA) is 53.0 Å². The van der Waals surface area contributed by atoms with Gasteiger partial charge < -0.3 is 14.7 Å². The molecular weight excluding hydrogens is 376 g/mol. The van der Waals surface area contributed by atoms with Crippen molar-refractivity contribution in [2.24, 2.45) is 0 Å². The normalized spacial score (nSPS) is 18.1. The van der Waals surface area contributed by atoms with E-state index < -0.39 is 0 Å². The minimum atomic E-state index is -0.0489. The van der Waals surface area contributed by atoms with E-state index >= 15 is 0 Å². The summed E-state index contributed by atoms with van der Waals surface area (Å²) in [4.78, 5) is 17.3. The van der Waals surface area contributed by atoms with E-state index in [0.29, 0.717) is 12.1 Å². The number of benzene rings is 2. The molecule has 0 amide bonds. The average molecular weight is 407 g/mol. The van der Waals surface area contributed by atoms with Gasteiger partial charge in [-0.05, 0) is 67.9 Å². The number of allylic oxidation sites excluding steroid dienone is 1. The molecule has 2 saturated heterocycles. The van der Waals surface area contributed by atoms with Crippen LogP contribution in [0.1, 0.15) is 40.7 Å². The summed E-state index contributed by atoms with van der Waals surface area (Å²) in [5, 5.41) is 10.2. The van der Waals surface area contributed by atoms with Gasteiger partial charge >= 0.3 is 0 Å². The maximum Gasteiger partial charge on any atom is 0.185 e. The average Bonchev–Trinajstić information content (AvgIpc) is 2.80. The molecule has 0 saturated carbocycles. The Kier molecular flexibility index (Phi) is 6.82. The third-order valence-electron chi connectivity index (χ3n) is 5.90. The molecule has 2 aliphatic rings. The molecule has 2 fully saturated rings. The molecule has 2 aliphatic heterocycles. The van der Waals surface area contributed by atoms with E-state index in [4.69, 9.17) is 4.74 Å². The van der Waals surface area contributed by atoms with Crippen LogP contribution in [0.25, 0.3) is 6.08 Å². The molecule has 2 heterocycles. The number of morpholine rings is 1. The molecular formula is C25H30N2O3. The van der Waals surface area contributed by atoms with Crippen LogP contribution in [0.4, 0.5) is 5.69 Å². The predicted octanol–water partition coefficient (Wildman–Crippen LogP) is 4.11. The van der Waals surface area contributed by atoms with Gasteiger partial charge in [-0.15, -0.1) is 0 Å². The number of aromatic hydroxyl groups is 1. The van der Waals surface area contributed by atoms with Crippen molar-refractivity contribution in [3.63, 3.8) is 0 Å². The van der Waals surface area contributed by atoms with Gasteiger partial charge in [0.25, 0.3) is 0 Å². The third-order valence-corrected chi connectivity index (χ3v) is 5.90. The second-order valence-electron chi connectivity index (χ2n) is 8.07. The molecule has 4 rings (SSSR count). The number of ether oxygens (including phenoxy) is 1. The smallest absolute Gasteiger partial charge is 0.185 e. The highest BCUT2D eigenvalue weighted by molar-refractivity contribution is 6.07. The summed E-state index contributed by atoms with van der Waals surface area (Å²) in [6, 6.07) is 13.4. The highest BCUT2D eigenvalue weighted by Gasteiger charge is 2.14. The largest absolute Gasteiger partial charge is 0.508 e. The van der Waals surface area contributed by atoms with Crippen molar-refractivity contribution in [2.45, 2.75) is 25.8 Å². The molecule has 5 heteroatoms. The molecule has 158 valence electrons. The summed E-state index contributed by atoms with van der Waals surface area (Å²) in [6.45, 7) is 6.16. The van der Waals surface area contributed by atoms with Crippen LogP contribution in [-0.2, 0) is 11.3 Å². The van der Waals surface area contributed by atoms with Gasteiger partial charge in [0.1, 0.15) is 5.75 Å². The van der Waals surface area contributed by atoms with Crippen molar-refractivity contribution in [1.29, 1.82) is 0 Å². The SMILES string of the molecule is O=C(/C=C/c1ccc(N2CCOCC2)cc1)c1ccc(O)c(CN2CCCCC2)c1. The van der Waals surface area contributed by atoms with Gasteiger partial charge in [-0.25, -0.2) is 0 Å². The van der Waals surface area contributed by atoms with Gasteiger partial charge in [0.05, 0.1) is 13.2 Å². The first-order valence-electron chi connectivity index (χ1n) is 10.9. The second-order valence-corrected chi connectivity index (χ2v) is 8.07. The fraction of sp³-hybridized carbons (Fsp3) is 0.400. The van der Waals surface area contributed by atoms with E-state index in [2.05, 4.69) is 21.9 Å². The van der Waals surface area contributed by atoms with Crippen LogP contribution in [0.2, 0.25) is 0 Å². The number of likely N-dealkylation sites (tertiary alicyclic amines) is 1. The Balaban J connectivity index is 1.40. The Morgan fingerprint density at radius 1 is 0.967 bits per heavy atom. The highest BCUT2D eigenvalue weighted by atomic mass is 16.5. The number of hydrogen-bond acceptors (Lipinski definition) is 5. The number of phenols is 1. The fourth-order valence-corrected chi connectivity index (χ4v) is 4.11. The first-order chi connectivity index (χ1) is 14.7. The van der Waals surface area contributed by atoms with Crippen molar-refractivity contribution < 1.29 is 14.6 Å². The Morgan fingerprint density at radius 2 is 1.70 bits per heavy atom. The van der Waals surface area contributed by atoms with E-state index in [9.17, 15) is 9.90 Å². The number of rotatable bonds is 6. The van der Waals surface area contributed by atoms with Crippen molar-refractivity contribution in [1.82, 2.24) is 4.90 Å². The lowest BCUT2D eigenvalue weighted by Gasteiger charge is -2.28. The van der Waals surface area contributed by atoms with Gasteiger partial charge in [0.15, 0.2) is 5.78 Å². The zero-order valence-corrected chi connectivity index (χ0v) is 17.4. The van der Waals surface area contributed by atoms with Crippen molar-refractivity contribution in [3.05, 3.63) is 65.2 Å². The van der Waals surface area contributed by atoms with E-state index in [1.807, 2.05) is 24.3 Å². The summed E-state index contributed by atoms with van der Waals surface area (Å²) in [6.07, 6.45) is 7.14. The van der Waals surface area contributed by atoms with Crippen LogP contribution in [0.3, 0.4) is 0 Å². The predicted molar refractivity (Wildman–Crippen MR) is 120 cm³/mol. The fourth-order valence-electron chi connectivity index (χ4n) is 4.11. The molecule has 0 aromatic heterocycles. The molecule has 0 radical (unpaired) electrons. The van der Waals surface area contributed by atoms with Crippen LogP contribution in [0.5, 0.6) is 5.75 Å². The number of phenolic OH excluding ortho intramolecular Hbond substituents is 1. The molecule has 30 heavy (non-hydrogen) atoms. The minimum Gasteiger partial charge on any atom is -0.508 e. The lowest BCUT2D eigenvalue weighted by atomic mass is 10.0. The van der Waals surface area contributed by atoms with Crippen LogP contribution < -0.4 is 4.90 Å². The zero-order chi connectivity index (χ0) is 20.8. The van der Waals surface area contributed by atoms with Crippen LogP contribution in [0.15, 0.2) is 48.5 Å². The Labute approximate surface area is 178 Å². The minimum absolute atomic E-state index is 0.0489. The van der Waals surface area contributed by atoms with E-state index in [0.717, 1.165) is 50.5 Å². The Hall–Kier alpha value is -2.63. The summed E-state index contributed by atoms with van der Waals surface area (Å²) in [5.74, 6) is 0.215. The van der Waals surface area contributed by atoms with Gasteiger partial charge in [0, 0.05) is 36.4 Å². The van der Waals surface area contributed by atoms with Crippen LogP contribution >= 0.6 is 0 Å². The number of nitrogens with zero attached hydrogens (tertiary/aromatic N) is 2. The van der Waals surface area contributed by atoms with Crippen molar-refractivity contribution in [2.75, 3.05) is 44.3 Å². The molecule has 2 aromatic carbocycles. The lowest BCUT2D eigenvalue weighted by molar-refractivity contribution is 0.104. The van der Waals surface area contributed by atoms with Gasteiger partial charge in [0.2, 0.25) is 0 Å². The lowest BCUT2D eigenvalue weighted by Crippen LogP contribution is -2.36. The van der Waals surface area contributed by atoms with E-state index in [1.165, 1.54) is 24.9 Å². The third kappa shape index (κ3) is 5.29. The molecule has 0 spiro atoms. The van der Waals surface area contributed by atoms with Crippen LogP contribution in [-0.4, -0.2) is 55.2 Å². The van der Waals surface area contributed by atoms with E-state index in [1.54, 1.807) is 18.2 Å². The molecule has 0 bridgehead atoms. The maximum atomic E-state index is 12.7. The quantitative estimate of drug-likeness (QED) is 0.578. The molecule has 1 N–H and O–H groups in total.